The first-order valence-corrected chi connectivity index (χ1v) is 7.80. The number of carbonyl (C=O) groups is 2. The van der Waals surface area contributed by atoms with Gasteiger partial charge in [-0.15, -0.1) is 0 Å². The van der Waals surface area contributed by atoms with Gasteiger partial charge in [-0.3, -0.25) is 9.59 Å². The number of nitrogens with two attached hydrogens (primary N) is 1. The van der Waals surface area contributed by atoms with Crippen LogP contribution in [0.5, 0.6) is 5.75 Å². The van der Waals surface area contributed by atoms with E-state index in [0.29, 0.717) is 5.75 Å². The predicted molar refractivity (Wildman–Crippen MR) is 85.2 cm³/mol. The summed E-state index contributed by atoms with van der Waals surface area (Å²) in [7, 11) is 0. The summed E-state index contributed by atoms with van der Waals surface area (Å²) in [5.74, 6) is 0.709. The Morgan fingerprint density at radius 2 is 2.13 bits per heavy atom. The van der Waals surface area contributed by atoms with Gasteiger partial charge in [-0.2, -0.15) is 0 Å². The maximum Gasteiger partial charge on any atom is 0.258 e. The number of benzene rings is 1. The lowest BCUT2D eigenvalue weighted by molar-refractivity contribution is -0.128. The summed E-state index contributed by atoms with van der Waals surface area (Å²) in [6.45, 7) is 1.37. The maximum atomic E-state index is 11.7. The van der Waals surface area contributed by atoms with E-state index >= 15 is 0 Å². The molecule has 1 aromatic heterocycles. The van der Waals surface area contributed by atoms with Gasteiger partial charge >= 0.3 is 0 Å². The third-order valence-corrected chi connectivity index (χ3v) is 4.10. The highest BCUT2D eigenvalue weighted by molar-refractivity contribution is 5.87. The van der Waals surface area contributed by atoms with Gasteiger partial charge in [-0.05, 0) is 44.4 Å². The summed E-state index contributed by atoms with van der Waals surface area (Å²) < 4.78 is 11.4. The zero-order valence-corrected chi connectivity index (χ0v) is 13.1. The van der Waals surface area contributed by atoms with Crippen LogP contribution >= 0.6 is 0 Å². The lowest BCUT2D eigenvalue weighted by atomic mass is 9.96. The van der Waals surface area contributed by atoms with Crippen molar-refractivity contribution in [2.24, 2.45) is 5.73 Å². The summed E-state index contributed by atoms with van der Waals surface area (Å²) in [4.78, 5) is 22.6. The third kappa shape index (κ3) is 3.31. The van der Waals surface area contributed by atoms with Crippen LogP contribution in [0, 0.1) is 0 Å². The van der Waals surface area contributed by atoms with E-state index in [2.05, 4.69) is 5.32 Å². The molecule has 0 bridgehead atoms. The molecule has 1 aliphatic carbocycles. The van der Waals surface area contributed by atoms with Crippen molar-refractivity contribution in [2.45, 2.75) is 38.6 Å². The fourth-order valence-corrected chi connectivity index (χ4v) is 2.83. The molecule has 6 nitrogen and oxygen atoms in total. The molecule has 0 fully saturated rings. The van der Waals surface area contributed by atoms with E-state index in [1.165, 1.54) is 18.9 Å². The summed E-state index contributed by atoms with van der Waals surface area (Å²) in [6, 6.07) is 4.84. The number of furan rings is 1. The minimum absolute atomic E-state index is 0.164. The molecule has 0 saturated carbocycles. The Hall–Kier alpha value is -2.50. The Balaban J connectivity index is 1.69. The van der Waals surface area contributed by atoms with Gasteiger partial charge in [0.05, 0.1) is 0 Å². The molecule has 122 valence electrons. The van der Waals surface area contributed by atoms with Crippen molar-refractivity contribution in [2.75, 3.05) is 6.61 Å². The van der Waals surface area contributed by atoms with Crippen LogP contribution < -0.4 is 15.8 Å². The molecule has 0 aliphatic heterocycles. The van der Waals surface area contributed by atoms with Gasteiger partial charge in [0.1, 0.15) is 23.1 Å². The normalized spacial score (nSPS) is 15.0. The first kappa shape index (κ1) is 15.4. The zero-order chi connectivity index (χ0) is 16.4. The molecule has 0 spiro atoms. The molecule has 3 N–H and O–H groups in total. The van der Waals surface area contributed by atoms with Crippen molar-refractivity contribution < 1.29 is 18.7 Å². The van der Waals surface area contributed by atoms with Crippen LogP contribution in [0.15, 0.2) is 22.6 Å². The smallest absolute Gasteiger partial charge is 0.258 e. The molecule has 1 aliphatic rings. The minimum atomic E-state index is -0.713. The molecule has 3 rings (SSSR count). The molecule has 1 unspecified atom stereocenters. The predicted octanol–water partition coefficient (Wildman–Crippen LogP) is 1.68. The summed E-state index contributed by atoms with van der Waals surface area (Å²) >= 11 is 0. The third-order valence-electron chi connectivity index (χ3n) is 4.10. The number of rotatable bonds is 5. The Bertz CT molecular complexity index is 750. The maximum absolute atomic E-state index is 11.7. The SMILES string of the molecule is CC(NC(=O)COc1ccc2oc3c(c2c1)CCCC3)C(N)=O. The number of hydrogen-bond donors (Lipinski definition) is 2. The summed E-state index contributed by atoms with van der Waals surface area (Å²) in [6.07, 6.45) is 4.32. The van der Waals surface area contributed by atoms with Crippen LogP contribution in [0.1, 0.15) is 31.1 Å². The molecule has 1 atom stereocenters. The number of fused-ring (bicyclic) bond motifs is 3. The minimum Gasteiger partial charge on any atom is -0.484 e. The molecule has 1 heterocycles. The van der Waals surface area contributed by atoms with Crippen molar-refractivity contribution in [1.82, 2.24) is 5.32 Å². The molecule has 0 saturated heterocycles. The average Bonchev–Trinajstić information content (AvgIpc) is 2.90. The van der Waals surface area contributed by atoms with Crippen LogP contribution in [0.25, 0.3) is 11.0 Å². The second kappa shape index (κ2) is 6.32. The van der Waals surface area contributed by atoms with Crippen LogP contribution in [0.2, 0.25) is 0 Å². The van der Waals surface area contributed by atoms with Crippen LogP contribution in [-0.2, 0) is 22.4 Å². The lowest BCUT2D eigenvalue weighted by Gasteiger charge is -2.11. The van der Waals surface area contributed by atoms with Crippen molar-refractivity contribution >= 4 is 22.8 Å². The Labute approximate surface area is 134 Å². The van der Waals surface area contributed by atoms with Crippen LogP contribution in [-0.4, -0.2) is 24.5 Å². The second-order valence-electron chi connectivity index (χ2n) is 5.85. The van der Waals surface area contributed by atoms with Crippen LogP contribution in [0.4, 0.5) is 0 Å². The second-order valence-corrected chi connectivity index (χ2v) is 5.85. The number of nitrogens with one attached hydrogen (secondary N) is 1. The fourth-order valence-electron chi connectivity index (χ4n) is 2.83. The fraction of sp³-hybridized carbons (Fsp3) is 0.412. The first-order valence-electron chi connectivity index (χ1n) is 7.80. The van der Waals surface area contributed by atoms with Crippen molar-refractivity contribution in [3.05, 3.63) is 29.5 Å². The molecule has 1 aromatic carbocycles. The first-order chi connectivity index (χ1) is 11.0. The molecule has 23 heavy (non-hydrogen) atoms. The molecular formula is C17H20N2O4. The van der Waals surface area contributed by atoms with E-state index < -0.39 is 11.9 Å². The highest BCUT2D eigenvalue weighted by atomic mass is 16.5. The van der Waals surface area contributed by atoms with Gasteiger partial charge in [0.25, 0.3) is 5.91 Å². The zero-order valence-electron chi connectivity index (χ0n) is 13.1. The summed E-state index contributed by atoms with van der Waals surface area (Å²) in [5, 5.41) is 3.53. The van der Waals surface area contributed by atoms with Crippen molar-refractivity contribution in [1.29, 1.82) is 0 Å². The van der Waals surface area contributed by atoms with Gasteiger partial charge in [-0.25, -0.2) is 0 Å². The highest BCUT2D eigenvalue weighted by Gasteiger charge is 2.18. The molecule has 2 aromatic rings. The molecule has 6 heteroatoms. The quantitative estimate of drug-likeness (QED) is 0.877. The van der Waals surface area contributed by atoms with Crippen molar-refractivity contribution in [3.8, 4) is 5.75 Å². The summed E-state index contributed by atoms with van der Waals surface area (Å²) in [5.41, 5.74) is 7.21. The molecule has 2 amide bonds. The Morgan fingerprint density at radius 3 is 2.91 bits per heavy atom. The molecular weight excluding hydrogens is 296 g/mol. The monoisotopic (exact) mass is 316 g/mol. The lowest BCUT2D eigenvalue weighted by Crippen LogP contribution is -2.44. The van der Waals surface area contributed by atoms with E-state index in [1.54, 1.807) is 6.07 Å². The number of aryl methyl sites for hydroxylation is 2. The van der Waals surface area contributed by atoms with E-state index in [0.717, 1.165) is 36.0 Å². The number of hydrogen-bond acceptors (Lipinski definition) is 4. The average molecular weight is 316 g/mol. The Kier molecular flexibility index (Phi) is 4.23. The number of primary amides is 1. The standard InChI is InChI=1S/C17H20N2O4/c1-10(17(18)21)19-16(20)9-22-11-6-7-15-13(8-11)12-4-2-3-5-14(12)23-15/h6-8,10H,2-5,9H2,1H3,(H2,18,21)(H,19,20). The highest BCUT2D eigenvalue weighted by Crippen LogP contribution is 2.33. The largest absolute Gasteiger partial charge is 0.484 e. The molecule has 0 radical (unpaired) electrons. The number of ether oxygens (including phenoxy) is 1. The van der Waals surface area contributed by atoms with Gasteiger partial charge in [0, 0.05) is 17.4 Å². The number of amides is 2. The van der Waals surface area contributed by atoms with E-state index in [4.69, 9.17) is 14.9 Å². The van der Waals surface area contributed by atoms with Gasteiger partial charge in [0.2, 0.25) is 5.91 Å². The van der Waals surface area contributed by atoms with E-state index in [1.807, 2.05) is 12.1 Å². The van der Waals surface area contributed by atoms with Crippen LogP contribution in [0.3, 0.4) is 0 Å². The topological polar surface area (TPSA) is 94.6 Å². The van der Waals surface area contributed by atoms with Gasteiger partial charge in [-0.1, -0.05) is 0 Å². The van der Waals surface area contributed by atoms with E-state index in [9.17, 15) is 9.59 Å². The van der Waals surface area contributed by atoms with E-state index in [-0.39, 0.29) is 12.5 Å². The van der Waals surface area contributed by atoms with Gasteiger partial charge < -0.3 is 20.2 Å². The van der Waals surface area contributed by atoms with Crippen molar-refractivity contribution in [3.63, 3.8) is 0 Å². The number of carbonyl (C=O) groups excluding carboxylic acids is 2. The van der Waals surface area contributed by atoms with Gasteiger partial charge in [0.15, 0.2) is 6.61 Å². The Morgan fingerprint density at radius 1 is 1.35 bits per heavy atom.